The van der Waals surface area contributed by atoms with E-state index in [1.54, 1.807) is 24.5 Å². The van der Waals surface area contributed by atoms with E-state index in [0.29, 0.717) is 45.9 Å². The SMILES string of the molecule is CCOc1ccc2c(c1)c(C(=O)c1cnc(-c3ccncc3)o1)c(Cl)n2Cc1ccc(Cl)cc1. The van der Waals surface area contributed by atoms with Gasteiger partial charge in [0.2, 0.25) is 11.7 Å². The summed E-state index contributed by atoms with van der Waals surface area (Å²) in [6, 6.07) is 16.6. The molecule has 5 aromatic rings. The predicted molar refractivity (Wildman–Crippen MR) is 132 cm³/mol. The number of oxazole rings is 1. The van der Waals surface area contributed by atoms with Crippen LogP contribution in [0, 0.1) is 0 Å². The standard InChI is InChI=1S/C26H19Cl2N3O3/c1-2-33-19-7-8-21-20(13-19)23(25(28)31(21)15-16-3-5-18(27)6-4-16)24(32)22-14-30-26(34-22)17-9-11-29-12-10-17/h3-14H,2,15H2,1H3. The van der Waals surface area contributed by atoms with Crippen molar-refractivity contribution in [1.82, 2.24) is 14.5 Å². The Hall–Kier alpha value is -3.61. The van der Waals surface area contributed by atoms with Gasteiger partial charge >= 0.3 is 0 Å². The van der Waals surface area contributed by atoms with Gasteiger partial charge in [0.05, 0.1) is 23.9 Å². The Kier molecular flexibility index (Phi) is 6.09. The van der Waals surface area contributed by atoms with Gasteiger partial charge in [-0.2, -0.15) is 0 Å². The zero-order valence-corrected chi connectivity index (χ0v) is 19.7. The summed E-state index contributed by atoms with van der Waals surface area (Å²) in [6.07, 6.45) is 4.69. The molecule has 34 heavy (non-hydrogen) atoms. The zero-order chi connectivity index (χ0) is 23.7. The van der Waals surface area contributed by atoms with Crippen LogP contribution >= 0.6 is 23.2 Å². The molecule has 0 radical (unpaired) electrons. The summed E-state index contributed by atoms with van der Waals surface area (Å²) in [7, 11) is 0. The number of fused-ring (bicyclic) bond motifs is 1. The highest BCUT2D eigenvalue weighted by atomic mass is 35.5. The van der Waals surface area contributed by atoms with Gasteiger partial charge in [-0.05, 0) is 55.0 Å². The Morgan fingerprint density at radius 1 is 1.06 bits per heavy atom. The van der Waals surface area contributed by atoms with Crippen molar-refractivity contribution in [1.29, 1.82) is 0 Å². The largest absolute Gasteiger partial charge is 0.494 e. The van der Waals surface area contributed by atoms with E-state index in [2.05, 4.69) is 9.97 Å². The topological polar surface area (TPSA) is 70.2 Å². The molecule has 3 aromatic heterocycles. The first-order chi connectivity index (χ1) is 16.5. The first kappa shape index (κ1) is 22.2. The summed E-state index contributed by atoms with van der Waals surface area (Å²) in [5, 5.41) is 1.64. The molecule has 0 saturated heterocycles. The third kappa shape index (κ3) is 4.18. The molecule has 3 heterocycles. The van der Waals surface area contributed by atoms with E-state index in [9.17, 15) is 4.79 Å². The minimum atomic E-state index is -0.355. The Bertz CT molecular complexity index is 1480. The molecular formula is C26H19Cl2N3O3. The molecule has 0 aliphatic heterocycles. The van der Waals surface area contributed by atoms with Crippen LogP contribution in [0.15, 0.2) is 77.6 Å². The van der Waals surface area contributed by atoms with Gasteiger partial charge in [0.25, 0.3) is 0 Å². The number of ether oxygens (including phenoxy) is 1. The lowest BCUT2D eigenvalue weighted by Gasteiger charge is -2.08. The Balaban J connectivity index is 1.61. The summed E-state index contributed by atoms with van der Waals surface area (Å²) in [6.45, 7) is 2.88. The van der Waals surface area contributed by atoms with Gasteiger partial charge in [-0.25, -0.2) is 4.98 Å². The molecular weight excluding hydrogens is 473 g/mol. The molecule has 0 atom stereocenters. The number of aromatic nitrogens is 3. The van der Waals surface area contributed by atoms with Gasteiger partial charge < -0.3 is 13.7 Å². The van der Waals surface area contributed by atoms with Crippen molar-refractivity contribution in [2.45, 2.75) is 13.5 Å². The van der Waals surface area contributed by atoms with Crippen LogP contribution in [0.5, 0.6) is 5.75 Å². The molecule has 8 heteroatoms. The molecule has 0 fully saturated rings. The number of halogens is 2. The normalized spacial score (nSPS) is 11.1. The first-order valence-electron chi connectivity index (χ1n) is 10.6. The van der Waals surface area contributed by atoms with Crippen LogP contribution in [-0.2, 0) is 6.54 Å². The average molecular weight is 492 g/mol. The molecule has 170 valence electrons. The summed E-state index contributed by atoms with van der Waals surface area (Å²) in [5.41, 5.74) is 2.87. The summed E-state index contributed by atoms with van der Waals surface area (Å²) in [4.78, 5) is 21.9. The van der Waals surface area contributed by atoms with E-state index in [0.717, 1.165) is 16.6 Å². The highest BCUT2D eigenvalue weighted by molar-refractivity contribution is 6.37. The minimum Gasteiger partial charge on any atom is -0.494 e. The Labute approximate surface area is 205 Å². The number of benzene rings is 2. The quantitative estimate of drug-likeness (QED) is 0.237. The zero-order valence-electron chi connectivity index (χ0n) is 18.2. The summed E-state index contributed by atoms with van der Waals surface area (Å²) < 4.78 is 13.4. The summed E-state index contributed by atoms with van der Waals surface area (Å²) >= 11 is 12.9. The van der Waals surface area contributed by atoms with Gasteiger partial charge in [-0.15, -0.1) is 0 Å². The van der Waals surface area contributed by atoms with Crippen molar-refractivity contribution in [3.8, 4) is 17.2 Å². The fourth-order valence-corrected chi connectivity index (χ4v) is 4.30. The summed E-state index contributed by atoms with van der Waals surface area (Å²) in [5.74, 6) is 0.730. The van der Waals surface area contributed by atoms with Crippen LogP contribution in [0.3, 0.4) is 0 Å². The molecule has 0 bridgehead atoms. The molecule has 0 spiro atoms. The number of hydrogen-bond donors (Lipinski definition) is 0. The number of hydrogen-bond acceptors (Lipinski definition) is 5. The Morgan fingerprint density at radius 3 is 2.56 bits per heavy atom. The van der Waals surface area contributed by atoms with Gasteiger partial charge in [-0.3, -0.25) is 9.78 Å². The monoisotopic (exact) mass is 491 g/mol. The van der Waals surface area contributed by atoms with Crippen LogP contribution in [0.2, 0.25) is 10.2 Å². The van der Waals surface area contributed by atoms with Crippen LogP contribution in [0.1, 0.15) is 28.6 Å². The van der Waals surface area contributed by atoms with E-state index in [1.165, 1.54) is 6.20 Å². The fraction of sp³-hybridized carbons (Fsp3) is 0.115. The first-order valence-corrected chi connectivity index (χ1v) is 11.4. The smallest absolute Gasteiger partial charge is 0.233 e. The van der Waals surface area contributed by atoms with Gasteiger partial charge in [0, 0.05) is 34.9 Å². The maximum atomic E-state index is 13.6. The van der Waals surface area contributed by atoms with E-state index in [4.69, 9.17) is 32.4 Å². The number of carbonyl (C=O) groups excluding carboxylic acids is 1. The number of rotatable bonds is 7. The van der Waals surface area contributed by atoms with Crippen LogP contribution in [-0.4, -0.2) is 26.9 Å². The fourth-order valence-electron chi connectivity index (χ4n) is 3.83. The number of nitrogens with zero attached hydrogens (tertiary/aromatic N) is 3. The predicted octanol–water partition coefficient (Wildman–Crippen LogP) is 6.68. The maximum Gasteiger partial charge on any atom is 0.233 e. The lowest BCUT2D eigenvalue weighted by molar-refractivity contribution is 0.101. The van der Waals surface area contributed by atoms with E-state index in [-0.39, 0.29) is 11.5 Å². The van der Waals surface area contributed by atoms with Crippen molar-refractivity contribution >= 4 is 39.9 Å². The molecule has 0 aliphatic carbocycles. The second kappa shape index (κ2) is 9.33. The molecule has 0 aliphatic rings. The molecule has 0 saturated carbocycles. The van der Waals surface area contributed by atoms with Gasteiger partial charge in [-0.1, -0.05) is 35.3 Å². The van der Waals surface area contributed by atoms with Crippen molar-refractivity contribution in [2.75, 3.05) is 6.61 Å². The number of carbonyl (C=O) groups is 1. The highest BCUT2D eigenvalue weighted by Crippen LogP contribution is 2.35. The molecule has 0 unspecified atom stereocenters. The van der Waals surface area contributed by atoms with Crippen molar-refractivity contribution in [3.63, 3.8) is 0 Å². The Morgan fingerprint density at radius 2 is 1.82 bits per heavy atom. The van der Waals surface area contributed by atoms with Crippen molar-refractivity contribution in [2.24, 2.45) is 0 Å². The van der Waals surface area contributed by atoms with Gasteiger partial charge in [0.15, 0.2) is 5.76 Å². The average Bonchev–Trinajstić information content (AvgIpc) is 3.45. The third-order valence-corrected chi connectivity index (χ3v) is 6.07. The minimum absolute atomic E-state index is 0.0982. The third-order valence-electron chi connectivity index (χ3n) is 5.42. The van der Waals surface area contributed by atoms with Gasteiger partial charge in [0.1, 0.15) is 10.9 Å². The lowest BCUT2D eigenvalue weighted by atomic mass is 10.1. The molecule has 0 amide bonds. The van der Waals surface area contributed by atoms with E-state index < -0.39 is 0 Å². The number of ketones is 1. The molecule has 0 N–H and O–H groups in total. The van der Waals surface area contributed by atoms with Crippen LogP contribution < -0.4 is 4.74 Å². The highest BCUT2D eigenvalue weighted by Gasteiger charge is 2.26. The van der Waals surface area contributed by atoms with E-state index in [1.807, 2.05) is 54.0 Å². The second-order valence-corrected chi connectivity index (χ2v) is 8.38. The molecule has 2 aromatic carbocycles. The number of pyridine rings is 1. The van der Waals surface area contributed by atoms with Crippen molar-refractivity contribution < 1.29 is 13.9 Å². The van der Waals surface area contributed by atoms with Crippen LogP contribution in [0.4, 0.5) is 0 Å². The van der Waals surface area contributed by atoms with Crippen LogP contribution in [0.25, 0.3) is 22.4 Å². The lowest BCUT2D eigenvalue weighted by Crippen LogP contribution is -2.03. The maximum absolute atomic E-state index is 13.6. The second-order valence-electron chi connectivity index (χ2n) is 7.59. The molecule has 5 rings (SSSR count). The molecule has 6 nitrogen and oxygen atoms in total. The van der Waals surface area contributed by atoms with E-state index >= 15 is 0 Å². The van der Waals surface area contributed by atoms with Crippen molar-refractivity contribution in [3.05, 3.63) is 100 Å².